The summed E-state index contributed by atoms with van der Waals surface area (Å²) in [5, 5.41) is 8.98. The van der Waals surface area contributed by atoms with Gasteiger partial charge in [-0.2, -0.15) is 0 Å². The maximum Gasteiger partial charge on any atom is 0.328 e. The maximum atomic E-state index is 10.4. The highest BCUT2D eigenvalue weighted by molar-refractivity contribution is 9.10. The molecule has 2 rings (SSSR count). The Bertz CT molecular complexity index is 651. The van der Waals surface area contributed by atoms with E-state index in [2.05, 4.69) is 15.9 Å². The molecule has 0 atom stereocenters. The quantitative estimate of drug-likeness (QED) is 0.787. The summed E-state index contributed by atoms with van der Waals surface area (Å²) in [4.78, 5) is 10.4. The topological polar surface area (TPSA) is 46.5 Å². The second kappa shape index (κ2) is 6.59. The Hall–Kier alpha value is -1.78. The molecule has 2 aromatic carbocycles. The van der Waals surface area contributed by atoms with Crippen molar-refractivity contribution in [1.82, 2.24) is 0 Å². The Morgan fingerprint density at radius 3 is 2.50 bits per heavy atom. The van der Waals surface area contributed by atoms with Crippen molar-refractivity contribution >= 4 is 39.6 Å². The van der Waals surface area contributed by atoms with Crippen LogP contribution in [0.25, 0.3) is 6.08 Å². The van der Waals surface area contributed by atoms with Crippen molar-refractivity contribution in [3.05, 3.63) is 63.6 Å². The molecule has 5 heteroatoms. The lowest BCUT2D eigenvalue weighted by Crippen LogP contribution is -1.87. The highest BCUT2D eigenvalue weighted by Crippen LogP contribution is 2.31. The van der Waals surface area contributed by atoms with E-state index < -0.39 is 5.97 Å². The van der Waals surface area contributed by atoms with Crippen LogP contribution in [0, 0.1) is 0 Å². The van der Waals surface area contributed by atoms with Gasteiger partial charge in [0.15, 0.2) is 0 Å². The number of carboxylic acids is 1. The van der Waals surface area contributed by atoms with Gasteiger partial charge in [-0.3, -0.25) is 0 Å². The van der Waals surface area contributed by atoms with Gasteiger partial charge in [-0.1, -0.05) is 33.6 Å². The molecule has 0 aliphatic carbocycles. The Morgan fingerprint density at radius 2 is 1.90 bits per heavy atom. The van der Waals surface area contributed by atoms with Crippen molar-refractivity contribution in [2.24, 2.45) is 0 Å². The first-order valence-corrected chi connectivity index (χ1v) is 6.85. The number of benzene rings is 2. The third kappa shape index (κ3) is 4.11. The van der Waals surface area contributed by atoms with Gasteiger partial charge in [0.25, 0.3) is 0 Å². The number of hydrogen-bond donors (Lipinski definition) is 1. The molecule has 0 aliphatic heterocycles. The summed E-state index contributed by atoms with van der Waals surface area (Å²) >= 11 is 9.46. The van der Waals surface area contributed by atoms with Crippen LogP contribution in [0.1, 0.15) is 5.56 Å². The van der Waals surface area contributed by atoms with Crippen molar-refractivity contribution in [2.75, 3.05) is 0 Å². The van der Waals surface area contributed by atoms with Crippen LogP contribution in [0.5, 0.6) is 11.5 Å². The number of ether oxygens (including phenoxy) is 1. The summed E-state index contributed by atoms with van der Waals surface area (Å²) in [6.07, 6.45) is 2.53. The zero-order valence-corrected chi connectivity index (χ0v) is 12.6. The summed E-state index contributed by atoms with van der Waals surface area (Å²) in [7, 11) is 0. The summed E-state index contributed by atoms with van der Waals surface area (Å²) in [6, 6.07) is 12.5. The SMILES string of the molecule is O=C(O)/C=C/c1ccc(Oc2ccc(Br)cc2)c(Cl)c1. The minimum absolute atomic E-state index is 0.417. The standard InChI is InChI=1S/C15H10BrClO3/c16-11-3-5-12(6-4-11)20-14-7-1-10(9-13(14)17)2-8-15(18)19/h1-9H,(H,18,19)/b8-2+. The van der Waals surface area contributed by atoms with Gasteiger partial charge in [-0.15, -0.1) is 0 Å². The summed E-state index contributed by atoms with van der Waals surface area (Å²) < 4.78 is 6.61. The van der Waals surface area contributed by atoms with Gasteiger partial charge in [-0.05, 0) is 48.0 Å². The predicted molar refractivity (Wildman–Crippen MR) is 82.3 cm³/mol. The molecule has 0 heterocycles. The average Bonchev–Trinajstić information content (AvgIpc) is 2.41. The Labute approximate surface area is 129 Å². The van der Waals surface area contributed by atoms with E-state index in [1.807, 2.05) is 24.3 Å². The van der Waals surface area contributed by atoms with Crippen LogP contribution in [0.4, 0.5) is 0 Å². The molecular formula is C15H10BrClO3. The molecule has 0 saturated heterocycles. The largest absolute Gasteiger partial charge is 0.478 e. The third-order valence-electron chi connectivity index (χ3n) is 2.42. The van der Waals surface area contributed by atoms with Crippen molar-refractivity contribution in [3.63, 3.8) is 0 Å². The Kier molecular flexibility index (Phi) is 4.82. The highest BCUT2D eigenvalue weighted by atomic mass is 79.9. The molecule has 0 amide bonds. The van der Waals surface area contributed by atoms with Crippen molar-refractivity contribution in [1.29, 1.82) is 0 Å². The summed E-state index contributed by atoms with van der Waals surface area (Å²) in [6.45, 7) is 0. The van der Waals surface area contributed by atoms with Crippen molar-refractivity contribution in [3.8, 4) is 11.5 Å². The third-order valence-corrected chi connectivity index (χ3v) is 3.24. The molecule has 0 radical (unpaired) electrons. The Balaban J connectivity index is 2.17. The zero-order chi connectivity index (χ0) is 14.5. The van der Waals surface area contributed by atoms with E-state index in [4.69, 9.17) is 21.4 Å². The van der Waals surface area contributed by atoms with Crippen molar-refractivity contribution in [2.45, 2.75) is 0 Å². The molecule has 0 saturated carbocycles. The van der Waals surface area contributed by atoms with Gasteiger partial charge in [0.1, 0.15) is 11.5 Å². The molecule has 1 N–H and O–H groups in total. The van der Waals surface area contributed by atoms with Crippen LogP contribution in [-0.4, -0.2) is 11.1 Å². The lowest BCUT2D eigenvalue weighted by Gasteiger charge is -2.08. The fourth-order valence-corrected chi connectivity index (χ4v) is 1.99. The maximum absolute atomic E-state index is 10.4. The van der Waals surface area contributed by atoms with Crippen LogP contribution in [-0.2, 0) is 4.79 Å². The van der Waals surface area contributed by atoms with E-state index in [-0.39, 0.29) is 0 Å². The number of carbonyl (C=O) groups is 1. The minimum atomic E-state index is -1.00. The monoisotopic (exact) mass is 352 g/mol. The fraction of sp³-hybridized carbons (Fsp3) is 0. The number of carboxylic acid groups (broad SMARTS) is 1. The smallest absolute Gasteiger partial charge is 0.328 e. The van der Waals surface area contributed by atoms with Crippen LogP contribution >= 0.6 is 27.5 Å². The normalized spacial score (nSPS) is 10.7. The minimum Gasteiger partial charge on any atom is -0.478 e. The zero-order valence-electron chi connectivity index (χ0n) is 10.2. The second-order valence-corrected chi connectivity index (χ2v) is 5.24. The molecule has 2 aromatic rings. The lowest BCUT2D eigenvalue weighted by molar-refractivity contribution is -0.131. The van der Waals surface area contributed by atoms with Crippen LogP contribution < -0.4 is 4.74 Å². The van der Waals surface area contributed by atoms with Crippen LogP contribution in [0.3, 0.4) is 0 Å². The first kappa shape index (κ1) is 14.6. The second-order valence-electron chi connectivity index (χ2n) is 3.92. The Morgan fingerprint density at radius 1 is 1.20 bits per heavy atom. The molecule has 0 unspecified atom stereocenters. The number of halogens is 2. The molecule has 0 aliphatic rings. The molecule has 102 valence electrons. The fourth-order valence-electron chi connectivity index (χ4n) is 1.50. The number of aliphatic carboxylic acids is 1. The molecule has 0 aromatic heterocycles. The highest BCUT2D eigenvalue weighted by Gasteiger charge is 2.04. The molecule has 20 heavy (non-hydrogen) atoms. The molecule has 0 fully saturated rings. The van der Waals surface area contributed by atoms with Gasteiger partial charge < -0.3 is 9.84 Å². The van der Waals surface area contributed by atoms with Gasteiger partial charge in [0.05, 0.1) is 5.02 Å². The predicted octanol–water partition coefficient (Wildman–Crippen LogP) is 4.99. The van der Waals surface area contributed by atoms with E-state index >= 15 is 0 Å². The van der Waals surface area contributed by atoms with Gasteiger partial charge in [0.2, 0.25) is 0 Å². The summed E-state index contributed by atoms with van der Waals surface area (Å²) in [5.74, 6) is 0.182. The molecule has 3 nitrogen and oxygen atoms in total. The average molecular weight is 354 g/mol. The van der Waals surface area contributed by atoms with Crippen molar-refractivity contribution < 1.29 is 14.6 Å². The van der Waals surface area contributed by atoms with E-state index in [0.29, 0.717) is 22.1 Å². The first-order valence-electron chi connectivity index (χ1n) is 5.68. The first-order chi connectivity index (χ1) is 9.54. The van der Waals surface area contributed by atoms with E-state index in [9.17, 15) is 4.79 Å². The van der Waals surface area contributed by atoms with Gasteiger partial charge in [-0.25, -0.2) is 4.79 Å². The van der Waals surface area contributed by atoms with E-state index in [1.165, 1.54) is 6.08 Å². The molecule has 0 bridgehead atoms. The lowest BCUT2D eigenvalue weighted by atomic mass is 10.2. The van der Waals surface area contributed by atoms with Gasteiger partial charge >= 0.3 is 5.97 Å². The van der Waals surface area contributed by atoms with E-state index in [1.54, 1.807) is 18.2 Å². The van der Waals surface area contributed by atoms with E-state index in [0.717, 1.165) is 10.5 Å². The number of hydrogen-bond acceptors (Lipinski definition) is 2. The number of rotatable bonds is 4. The van der Waals surface area contributed by atoms with Gasteiger partial charge in [0, 0.05) is 10.5 Å². The summed E-state index contributed by atoms with van der Waals surface area (Å²) in [5.41, 5.74) is 0.695. The molecular weight excluding hydrogens is 344 g/mol. The van der Waals surface area contributed by atoms with Crippen LogP contribution in [0.2, 0.25) is 5.02 Å². The van der Waals surface area contributed by atoms with Crippen LogP contribution in [0.15, 0.2) is 53.0 Å². The molecule has 0 spiro atoms.